The Labute approximate surface area is 119 Å². The van der Waals surface area contributed by atoms with Crippen LogP contribution in [0.15, 0.2) is 28.8 Å². The largest absolute Gasteiger partial charge is 0.360 e. The molecule has 0 aliphatic rings. The first-order chi connectivity index (χ1) is 9.54. The van der Waals surface area contributed by atoms with Crippen LogP contribution in [0.1, 0.15) is 36.4 Å². The number of rotatable bonds is 6. The van der Waals surface area contributed by atoms with Crippen LogP contribution in [0.3, 0.4) is 0 Å². The van der Waals surface area contributed by atoms with Gasteiger partial charge in [0.05, 0.1) is 12.2 Å². The van der Waals surface area contributed by atoms with Crippen molar-refractivity contribution in [1.82, 2.24) is 10.5 Å². The van der Waals surface area contributed by atoms with E-state index in [-0.39, 0.29) is 5.82 Å². The fraction of sp³-hybridized carbons (Fsp3) is 0.438. The first-order valence-corrected chi connectivity index (χ1v) is 6.95. The molecule has 0 atom stereocenters. The van der Waals surface area contributed by atoms with E-state index in [1.54, 1.807) is 6.07 Å². The third-order valence-electron chi connectivity index (χ3n) is 3.14. The fourth-order valence-corrected chi connectivity index (χ4v) is 2.13. The van der Waals surface area contributed by atoms with Gasteiger partial charge >= 0.3 is 0 Å². The lowest BCUT2D eigenvalue weighted by Crippen LogP contribution is -2.13. The Morgan fingerprint density at radius 2 is 2.05 bits per heavy atom. The molecule has 0 aliphatic heterocycles. The quantitative estimate of drug-likeness (QED) is 0.876. The van der Waals surface area contributed by atoms with Gasteiger partial charge in [-0.05, 0) is 42.5 Å². The molecule has 0 saturated heterocycles. The number of benzene rings is 1. The molecule has 0 saturated carbocycles. The summed E-state index contributed by atoms with van der Waals surface area (Å²) in [6, 6.07) is 6.83. The van der Waals surface area contributed by atoms with E-state index in [0.29, 0.717) is 19.0 Å². The Bertz CT molecular complexity index is 563. The monoisotopic (exact) mass is 276 g/mol. The number of halogens is 1. The highest BCUT2D eigenvalue weighted by atomic mass is 19.1. The summed E-state index contributed by atoms with van der Waals surface area (Å²) in [5.74, 6) is 1.21. The van der Waals surface area contributed by atoms with Crippen molar-refractivity contribution >= 4 is 0 Å². The molecule has 2 rings (SSSR count). The van der Waals surface area contributed by atoms with Crippen molar-refractivity contribution in [2.24, 2.45) is 5.92 Å². The Balaban J connectivity index is 1.85. The third-order valence-corrected chi connectivity index (χ3v) is 3.14. The van der Waals surface area contributed by atoms with Gasteiger partial charge in [-0.3, -0.25) is 0 Å². The summed E-state index contributed by atoms with van der Waals surface area (Å²) in [6.45, 7) is 7.54. The van der Waals surface area contributed by atoms with Crippen LogP contribution in [0.25, 0.3) is 0 Å². The normalized spacial score (nSPS) is 11.2. The summed E-state index contributed by atoms with van der Waals surface area (Å²) >= 11 is 0. The van der Waals surface area contributed by atoms with Gasteiger partial charge in [-0.15, -0.1) is 0 Å². The molecule has 0 aliphatic carbocycles. The molecule has 1 aromatic carbocycles. The highest BCUT2D eigenvalue weighted by Gasteiger charge is 2.06. The maximum atomic E-state index is 13.0. The summed E-state index contributed by atoms with van der Waals surface area (Å²) in [6.07, 6.45) is 0.931. The van der Waals surface area contributed by atoms with Crippen LogP contribution in [0, 0.1) is 18.7 Å². The molecular formula is C16H21FN2O. The Kier molecular flexibility index (Phi) is 4.90. The van der Waals surface area contributed by atoms with Gasteiger partial charge in [0.1, 0.15) is 5.82 Å². The van der Waals surface area contributed by atoms with E-state index in [4.69, 9.17) is 4.52 Å². The van der Waals surface area contributed by atoms with Crippen LogP contribution in [0.5, 0.6) is 0 Å². The van der Waals surface area contributed by atoms with Crippen LogP contribution in [-0.4, -0.2) is 5.16 Å². The lowest BCUT2D eigenvalue weighted by molar-refractivity contribution is 0.365. The summed E-state index contributed by atoms with van der Waals surface area (Å²) in [5.41, 5.74) is 3.04. The maximum Gasteiger partial charge on any atom is 0.150 e. The molecule has 20 heavy (non-hydrogen) atoms. The molecule has 0 fully saturated rings. The van der Waals surface area contributed by atoms with Gasteiger partial charge in [0.15, 0.2) is 5.76 Å². The van der Waals surface area contributed by atoms with Crippen molar-refractivity contribution in [3.05, 3.63) is 52.7 Å². The Hall–Kier alpha value is -1.68. The second-order valence-corrected chi connectivity index (χ2v) is 5.56. The summed E-state index contributed by atoms with van der Waals surface area (Å²) < 4.78 is 18.3. The smallest absolute Gasteiger partial charge is 0.150 e. The topological polar surface area (TPSA) is 38.1 Å². The van der Waals surface area contributed by atoms with Gasteiger partial charge in [0, 0.05) is 12.6 Å². The fourth-order valence-electron chi connectivity index (χ4n) is 2.13. The molecule has 4 heteroatoms. The lowest BCUT2D eigenvalue weighted by atomic mass is 10.1. The number of nitrogens with one attached hydrogen (secondary N) is 1. The van der Waals surface area contributed by atoms with E-state index in [0.717, 1.165) is 29.0 Å². The molecule has 0 radical (unpaired) electrons. The highest BCUT2D eigenvalue weighted by molar-refractivity contribution is 5.26. The molecule has 0 amide bonds. The Morgan fingerprint density at radius 1 is 1.25 bits per heavy atom. The zero-order valence-corrected chi connectivity index (χ0v) is 12.2. The minimum absolute atomic E-state index is 0.195. The van der Waals surface area contributed by atoms with Gasteiger partial charge in [-0.1, -0.05) is 25.1 Å². The molecule has 108 valence electrons. The molecule has 1 aromatic heterocycles. The second kappa shape index (κ2) is 6.66. The van der Waals surface area contributed by atoms with Crippen molar-refractivity contribution < 1.29 is 8.91 Å². The average molecular weight is 276 g/mol. The summed E-state index contributed by atoms with van der Waals surface area (Å²) in [4.78, 5) is 0. The zero-order chi connectivity index (χ0) is 14.5. The van der Waals surface area contributed by atoms with Crippen molar-refractivity contribution in [3.8, 4) is 0 Å². The average Bonchev–Trinajstić information content (AvgIpc) is 2.79. The number of aromatic nitrogens is 1. The third kappa shape index (κ3) is 4.17. The minimum Gasteiger partial charge on any atom is -0.360 e. The molecule has 1 N–H and O–H groups in total. The van der Waals surface area contributed by atoms with Crippen LogP contribution in [0.2, 0.25) is 0 Å². The van der Waals surface area contributed by atoms with Crippen LogP contribution < -0.4 is 5.32 Å². The maximum absolute atomic E-state index is 13.0. The predicted molar refractivity (Wildman–Crippen MR) is 76.7 cm³/mol. The van der Waals surface area contributed by atoms with Gasteiger partial charge in [-0.25, -0.2) is 4.39 Å². The highest BCUT2D eigenvalue weighted by Crippen LogP contribution is 2.11. The van der Waals surface area contributed by atoms with Gasteiger partial charge in [0.25, 0.3) is 0 Å². The first-order valence-electron chi connectivity index (χ1n) is 6.95. The molecule has 0 unspecified atom stereocenters. The lowest BCUT2D eigenvalue weighted by Gasteiger charge is -2.06. The van der Waals surface area contributed by atoms with Crippen LogP contribution in [0.4, 0.5) is 4.39 Å². The standard InChI is InChI=1S/C16H21FN2O/c1-11(2)6-15-8-16(20-19-15)10-18-9-13-4-5-14(17)7-12(13)3/h4-5,7-8,11,18H,6,9-10H2,1-3H3. The summed E-state index contributed by atoms with van der Waals surface area (Å²) in [7, 11) is 0. The number of hydrogen-bond donors (Lipinski definition) is 1. The molecule has 0 spiro atoms. The molecule has 3 nitrogen and oxygen atoms in total. The first kappa shape index (κ1) is 14.7. The van der Waals surface area contributed by atoms with E-state index in [9.17, 15) is 4.39 Å². The van der Waals surface area contributed by atoms with Crippen molar-refractivity contribution in [3.63, 3.8) is 0 Å². The van der Waals surface area contributed by atoms with E-state index < -0.39 is 0 Å². The molecule has 1 heterocycles. The minimum atomic E-state index is -0.195. The number of nitrogens with zero attached hydrogens (tertiary/aromatic N) is 1. The van der Waals surface area contributed by atoms with Gasteiger partial charge in [0.2, 0.25) is 0 Å². The Morgan fingerprint density at radius 3 is 2.75 bits per heavy atom. The van der Waals surface area contributed by atoms with Crippen molar-refractivity contribution in [1.29, 1.82) is 0 Å². The van der Waals surface area contributed by atoms with Gasteiger partial charge in [-0.2, -0.15) is 0 Å². The van der Waals surface area contributed by atoms with Crippen LogP contribution in [-0.2, 0) is 19.5 Å². The molecular weight excluding hydrogens is 255 g/mol. The zero-order valence-electron chi connectivity index (χ0n) is 12.2. The second-order valence-electron chi connectivity index (χ2n) is 5.56. The molecule has 2 aromatic rings. The van der Waals surface area contributed by atoms with E-state index >= 15 is 0 Å². The van der Waals surface area contributed by atoms with Crippen molar-refractivity contribution in [2.75, 3.05) is 0 Å². The van der Waals surface area contributed by atoms with Crippen molar-refractivity contribution in [2.45, 2.75) is 40.3 Å². The van der Waals surface area contributed by atoms with Crippen LogP contribution >= 0.6 is 0 Å². The SMILES string of the molecule is Cc1cc(F)ccc1CNCc1cc(CC(C)C)no1. The number of aryl methyl sites for hydroxylation is 1. The predicted octanol–water partition coefficient (Wildman–Crippen LogP) is 3.61. The van der Waals surface area contributed by atoms with Gasteiger partial charge < -0.3 is 9.84 Å². The van der Waals surface area contributed by atoms with E-state index in [1.165, 1.54) is 6.07 Å². The van der Waals surface area contributed by atoms with E-state index in [1.807, 2.05) is 19.1 Å². The number of hydrogen-bond acceptors (Lipinski definition) is 3. The van der Waals surface area contributed by atoms with E-state index in [2.05, 4.69) is 24.3 Å². The molecule has 0 bridgehead atoms. The summed E-state index contributed by atoms with van der Waals surface area (Å²) in [5, 5.41) is 7.34.